The summed E-state index contributed by atoms with van der Waals surface area (Å²) in [7, 11) is 0. The number of aliphatic hydroxyl groups excluding tert-OH is 3. The van der Waals surface area contributed by atoms with Crippen molar-refractivity contribution in [1.82, 2.24) is 0 Å². The lowest BCUT2D eigenvalue weighted by Gasteiger charge is -2.11. The highest BCUT2D eigenvalue weighted by molar-refractivity contribution is 4.61. The molecule has 0 heterocycles. The zero-order valence-electron chi connectivity index (χ0n) is 6.32. The van der Waals surface area contributed by atoms with Gasteiger partial charge in [0.2, 0.25) is 0 Å². The van der Waals surface area contributed by atoms with Gasteiger partial charge in [-0.05, 0) is 6.42 Å². The minimum Gasteiger partial charge on any atom is -0.394 e. The molecule has 0 unspecified atom stereocenters. The van der Waals surface area contributed by atoms with E-state index in [2.05, 4.69) is 0 Å². The van der Waals surface area contributed by atoms with Crippen LogP contribution in [0.3, 0.4) is 0 Å². The van der Waals surface area contributed by atoms with Crippen LogP contribution in [0.25, 0.3) is 0 Å². The Morgan fingerprint density at radius 3 is 2.20 bits per heavy atom. The normalized spacial score (nSPS) is 16.8. The molecule has 2 atom stereocenters. The average Bonchev–Trinajstić information content (AvgIpc) is 1.88. The van der Waals surface area contributed by atoms with Gasteiger partial charge in [-0.2, -0.15) is 0 Å². The second kappa shape index (κ2) is 5.65. The molecule has 3 nitrogen and oxygen atoms in total. The number of rotatable bonds is 5. The van der Waals surface area contributed by atoms with Crippen LogP contribution in [0, 0.1) is 0 Å². The average molecular weight is 148 g/mol. The van der Waals surface area contributed by atoms with Crippen molar-refractivity contribution < 1.29 is 15.3 Å². The quantitative estimate of drug-likeness (QED) is 0.510. The van der Waals surface area contributed by atoms with Crippen LogP contribution in [0.5, 0.6) is 0 Å². The molecule has 0 radical (unpaired) electrons. The summed E-state index contributed by atoms with van der Waals surface area (Å²) in [5.74, 6) is 0. The second-order valence-electron chi connectivity index (χ2n) is 2.51. The maximum Gasteiger partial charge on any atom is 0.0795 e. The largest absolute Gasteiger partial charge is 0.394 e. The molecule has 0 aliphatic heterocycles. The van der Waals surface area contributed by atoms with Gasteiger partial charge in [0.15, 0.2) is 0 Å². The lowest BCUT2D eigenvalue weighted by molar-refractivity contribution is 0.0387. The molecule has 62 valence electrons. The smallest absolute Gasteiger partial charge is 0.0795 e. The first-order valence-electron chi connectivity index (χ1n) is 3.67. The fourth-order valence-corrected chi connectivity index (χ4v) is 0.840. The van der Waals surface area contributed by atoms with Crippen molar-refractivity contribution in [3.05, 3.63) is 0 Å². The number of aliphatic hydroxyl groups is 3. The van der Waals surface area contributed by atoms with Crippen LogP contribution in [0.4, 0.5) is 0 Å². The first-order chi connectivity index (χ1) is 4.70. The molecule has 10 heavy (non-hydrogen) atoms. The zero-order valence-corrected chi connectivity index (χ0v) is 6.32. The summed E-state index contributed by atoms with van der Waals surface area (Å²) < 4.78 is 0. The Kier molecular flexibility index (Phi) is 5.58. The van der Waals surface area contributed by atoms with Gasteiger partial charge in [0, 0.05) is 6.42 Å². The first-order valence-corrected chi connectivity index (χ1v) is 3.67. The van der Waals surface area contributed by atoms with Gasteiger partial charge in [-0.25, -0.2) is 0 Å². The molecule has 0 aliphatic rings. The first kappa shape index (κ1) is 9.88. The summed E-state index contributed by atoms with van der Waals surface area (Å²) in [6.07, 6.45) is 0.648. The number of hydrogen-bond donors (Lipinski definition) is 3. The van der Waals surface area contributed by atoms with Crippen molar-refractivity contribution in [3.8, 4) is 0 Å². The molecule has 0 spiro atoms. The summed E-state index contributed by atoms with van der Waals surface area (Å²) in [6, 6.07) is 0. The Morgan fingerprint density at radius 2 is 1.80 bits per heavy atom. The van der Waals surface area contributed by atoms with E-state index in [1.54, 1.807) is 0 Å². The van der Waals surface area contributed by atoms with E-state index in [1.807, 2.05) is 6.92 Å². The molecule has 3 heteroatoms. The van der Waals surface area contributed by atoms with E-state index in [1.165, 1.54) is 0 Å². The Labute approximate surface area is 61.3 Å². The predicted molar refractivity (Wildman–Crippen MR) is 38.6 cm³/mol. The van der Waals surface area contributed by atoms with E-state index in [0.717, 1.165) is 6.42 Å². The molecule has 0 bridgehead atoms. The Balaban J connectivity index is 3.27. The maximum absolute atomic E-state index is 9.08. The molecule has 0 aromatic heterocycles. The van der Waals surface area contributed by atoms with E-state index < -0.39 is 12.2 Å². The van der Waals surface area contributed by atoms with Gasteiger partial charge in [-0.3, -0.25) is 0 Å². The third kappa shape index (κ3) is 4.73. The fourth-order valence-electron chi connectivity index (χ4n) is 0.840. The van der Waals surface area contributed by atoms with Crippen LogP contribution in [-0.4, -0.2) is 34.1 Å². The fraction of sp³-hybridized carbons (Fsp3) is 1.00. The highest BCUT2D eigenvalue weighted by atomic mass is 16.3. The number of hydrogen-bond acceptors (Lipinski definition) is 3. The van der Waals surface area contributed by atoms with Crippen molar-refractivity contribution in [3.63, 3.8) is 0 Å². The van der Waals surface area contributed by atoms with Crippen LogP contribution < -0.4 is 0 Å². The van der Waals surface area contributed by atoms with Crippen LogP contribution in [-0.2, 0) is 0 Å². The summed E-state index contributed by atoms with van der Waals surface area (Å²) in [5, 5.41) is 26.3. The molecule has 0 rings (SSSR count). The van der Waals surface area contributed by atoms with Crippen LogP contribution in [0.2, 0.25) is 0 Å². The molecular formula is C7H16O3. The van der Waals surface area contributed by atoms with Crippen molar-refractivity contribution >= 4 is 0 Å². The van der Waals surface area contributed by atoms with Crippen molar-refractivity contribution in [2.45, 2.75) is 38.4 Å². The van der Waals surface area contributed by atoms with Crippen LogP contribution in [0.15, 0.2) is 0 Å². The standard InChI is InChI=1S/C7H16O3/c1-2-3-6(9)4-7(10)5-8/h6-10H,2-5H2,1H3/t6-,7+/m1/s1. The van der Waals surface area contributed by atoms with Gasteiger partial charge in [-0.1, -0.05) is 13.3 Å². The summed E-state index contributed by atoms with van der Waals surface area (Å²) in [5.41, 5.74) is 0. The molecule has 0 amide bonds. The lowest BCUT2D eigenvalue weighted by Crippen LogP contribution is -2.20. The molecule has 0 aliphatic carbocycles. The van der Waals surface area contributed by atoms with Crippen LogP contribution in [0.1, 0.15) is 26.2 Å². The SMILES string of the molecule is CCC[C@@H](O)C[C@H](O)CO. The Morgan fingerprint density at radius 1 is 1.20 bits per heavy atom. The van der Waals surface area contributed by atoms with Crippen molar-refractivity contribution in [2.24, 2.45) is 0 Å². The van der Waals surface area contributed by atoms with E-state index in [4.69, 9.17) is 15.3 Å². The van der Waals surface area contributed by atoms with E-state index in [-0.39, 0.29) is 13.0 Å². The van der Waals surface area contributed by atoms with Crippen molar-refractivity contribution in [1.29, 1.82) is 0 Å². The van der Waals surface area contributed by atoms with E-state index in [0.29, 0.717) is 6.42 Å². The van der Waals surface area contributed by atoms with E-state index >= 15 is 0 Å². The summed E-state index contributed by atoms with van der Waals surface area (Å²) >= 11 is 0. The van der Waals surface area contributed by atoms with Crippen molar-refractivity contribution in [2.75, 3.05) is 6.61 Å². The molecule has 0 saturated carbocycles. The molecule has 3 N–H and O–H groups in total. The zero-order chi connectivity index (χ0) is 7.98. The second-order valence-corrected chi connectivity index (χ2v) is 2.51. The predicted octanol–water partition coefficient (Wildman–Crippen LogP) is -0.109. The third-order valence-electron chi connectivity index (χ3n) is 1.38. The molecule has 0 aromatic rings. The molecule has 0 fully saturated rings. The van der Waals surface area contributed by atoms with Crippen LogP contribution >= 0.6 is 0 Å². The summed E-state index contributed by atoms with van der Waals surface area (Å²) in [4.78, 5) is 0. The highest BCUT2D eigenvalue weighted by Gasteiger charge is 2.08. The van der Waals surface area contributed by atoms with Gasteiger partial charge in [0.1, 0.15) is 0 Å². The monoisotopic (exact) mass is 148 g/mol. The molecule has 0 saturated heterocycles. The van der Waals surface area contributed by atoms with Gasteiger partial charge >= 0.3 is 0 Å². The molecular weight excluding hydrogens is 132 g/mol. The topological polar surface area (TPSA) is 60.7 Å². The highest BCUT2D eigenvalue weighted by Crippen LogP contribution is 2.03. The minimum absolute atomic E-state index is 0.263. The van der Waals surface area contributed by atoms with Gasteiger partial charge in [0.05, 0.1) is 18.8 Å². The lowest BCUT2D eigenvalue weighted by atomic mass is 10.1. The minimum atomic E-state index is -0.762. The maximum atomic E-state index is 9.08. The third-order valence-corrected chi connectivity index (χ3v) is 1.38. The van der Waals surface area contributed by atoms with Gasteiger partial charge in [0.25, 0.3) is 0 Å². The summed E-state index contributed by atoms with van der Waals surface area (Å²) in [6.45, 7) is 1.70. The Bertz CT molecular complexity index is 75.3. The van der Waals surface area contributed by atoms with Gasteiger partial charge < -0.3 is 15.3 Å². The van der Waals surface area contributed by atoms with Gasteiger partial charge in [-0.15, -0.1) is 0 Å². The molecule has 0 aromatic carbocycles. The Hall–Kier alpha value is -0.120. The van der Waals surface area contributed by atoms with E-state index in [9.17, 15) is 0 Å².